The fourth-order valence-corrected chi connectivity index (χ4v) is 2.24. The van der Waals surface area contributed by atoms with Crippen LogP contribution < -0.4 is 5.32 Å². The van der Waals surface area contributed by atoms with Crippen LogP contribution in [0.15, 0.2) is 47.0 Å². The van der Waals surface area contributed by atoms with Gasteiger partial charge in [-0.1, -0.05) is 34.9 Å². The Morgan fingerprint density at radius 3 is 2.80 bits per heavy atom. The van der Waals surface area contributed by atoms with E-state index in [9.17, 15) is 4.79 Å². The summed E-state index contributed by atoms with van der Waals surface area (Å²) in [6, 6.07) is 9.22. The Morgan fingerprint density at radius 2 is 2.08 bits per heavy atom. The molecule has 1 aromatic carbocycles. The molecule has 0 saturated carbocycles. The van der Waals surface area contributed by atoms with Gasteiger partial charge < -0.3 is 4.42 Å². The highest BCUT2D eigenvalue weighted by Crippen LogP contribution is 2.19. The van der Waals surface area contributed by atoms with Crippen LogP contribution in [0.3, 0.4) is 0 Å². The maximum Gasteiger partial charge on any atom is 0.322 e. The molecule has 0 fully saturated rings. The molecule has 0 bridgehead atoms. The van der Waals surface area contributed by atoms with E-state index in [2.05, 4.69) is 20.6 Å². The highest BCUT2D eigenvalue weighted by molar-refractivity contribution is 6.32. The topological polar surface area (TPSA) is 85.8 Å². The highest BCUT2D eigenvalue weighted by Gasteiger charge is 2.13. The maximum atomic E-state index is 11.9. The summed E-state index contributed by atoms with van der Waals surface area (Å²) in [7, 11) is 0. The lowest BCUT2D eigenvalue weighted by Gasteiger charge is -2.02. The first-order chi connectivity index (χ1) is 12.0. The van der Waals surface area contributed by atoms with Crippen LogP contribution in [-0.2, 0) is 4.79 Å². The number of amides is 1. The molecule has 0 atom stereocenters. The van der Waals surface area contributed by atoms with Crippen molar-refractivity contribution in [2.24, 2.45) is 0 Å². The second-order valence-electron chi connectivity index (χ2n) is 5.53. The van der Waals surface area contributed by atoms with Gasteiger partial charge >= 0.3 is 6.01 Å². The minimum absolute atomic E-state index is 0.00269. The quantitative estimate of drug-likeness (QED) is 0.701. The first kappa shape index (κ1) is 16.9. The number of aromatic nitrogens is 4. The molecule has 3 aromatic rings. The standard InChI is InChI=1S/C17H16ClN5O2/c1-11(2)23-10-9-14(22-23)16-20-21-17(25-16)19-15(24)8-7-12-5-3-4-6-13(12)18/h3-11H,1-2H3,(H,19,21,24). The molecule has 1 N–H and O–H groups in total. The number of carbonyl (C=O) groups is 1. The van der Waals surface area contributed by atoms with Crippen molar-refractivity contribution in [3.05, 3.63) is 53.2 Å². The molecule has 0 spiro atoms. The van der Waals surface area contributed by atoms with E-state index in [1.807, 2.05) is 38.2 Å². The van der Waals surface area contributed by atoms with Gasteiger partial charge in [-0.3, -0.25) is 14.8 Å². The molecular weight excluding hydrogens is 342 g/mol. The van der Waals surface area contributed by atoms with E-state index < -0.39 is 5.91 Å². The molecule has 2 heterocycles. The van der Waals surface area contributed by atoms with Crippen molar-refractivity contribution >= 4 is 29.6 Å². The predicted octanol–water partition coefficient (Wildman–Crippen LogP) is 3.82. The Kier molecular flexibility index (Phi) is 4.95. The van der Waals surface area contributed by atoms with Gasteiger partial charge in [-0.2, -0.15) is 5.10 Å². The van der Waals surface area contributed by atoms with Crippen LogP contribution >= 0.6 is 11.6 Å². The van der Waals surface area contributed by atoms with Crippen LogP contribution in [0.1, 0.15) is 25.5 Å². The molecule has 128 valence electrons. The van der Waals surface area contributed by atoms with Gasteiger partial charge in [-0.15, -0.1) is 5.10 Å². The lowest BCUT2D eigenvalue weighted by molar-refractivity contribution is -0.112. The van der Waals surface area contributed by atoms with Gasteiger partial charge in [0.15, 0.2) is 0 Å². The van der Waals surface area contributed by atoms with E-state index in [0.29, 0.717) is 10.7 Å². The summed E-state index contributed by atoms with van der Waals surface area (Å²) in [6.45, 7) is 4.03. The molecule has 0 unspecified atom stereocenters. The molecule has 0 radical (unpaired) electrons. The van der Waals surface area contributed by atoms with E-state index in [-0.39, 0.29) is 17.9 Å². The second-order valence-corrected chi connectivity index (χ2v) is 5.94. The average Bonchev–Trinajstić information content (AvgIpc) is 3.23. The molecule has 1 amide bonds. The number of nitrogens with one attached hydrogen (secondary N) is 1. The van der Waals surface area contributed by atoms with Gasteiger partial charge in [0.2, 0.25) is 0 Å². The molecule has 0 aliphatic carbocycles. The number of rotatable bonds is 5. The third-order valence-electron chi connectivity index (χ3n) is 3.33. The van der Waals surface area contributed by atoms with Gasteiger partial charge in [-0.25, -0.2) is 0 Å². The monoisotopic (exact) mass is 357 g/mol. The van der Waals surface area contributed by atoms with E-state index in [4.69, 9.17) is 16.0 Å². The molecule has 2 aromatic heterocycles. The number of hydrogen-bond acceptors (Lipinski definition) is 5. The number of halogens is 1. The van der Waals surface area contributed by atoms with Crippen molar-refractivity contribution < 1.29 is 9.21 Å². The van der Waals surface area contributed by atoms with Crippen molar-refractivity contribution in [1.82, 2.24) is 20.0 Å². The third-order valence-corrected chi connectivity index (χ3v) is 3.68. The molecular formula is C17H16ClN5O2. The summed E-state index contributed by atoms with van der Waals surface area (Å²) in [5, 5.41) is 15.1. The lowest BCUT2D eigenvalue weighted by Crippen LogP contribution is -2.07. The Bertz CT molecular complexity index is 913. The minimum Gasteiger partial charge on any atom is -0.401 e. The highest BCUT2D eigenvalue weighted by atomic mass is 35.5. The first-order valence-electron chi connectivity index (χ1n) is 7.65. The van der Waals surface area contributed by atoms with Crippen molar-refractivity contribution in [2.75, 3.05) is 5.32 Å². The first-order valence-corrected chi connectivity index (χ1v) is 8.03. The predicted molar refractivity (Wildman–Crippen MR) is 95.0 cm³/mol. The van der Waals surface area contributed by atoms with Crippen molar-refractivity contribution in [2.45, 2.75) is 19.9 Å². The number of nitrogens with zero attached hydrogens (tertiary/aromatic N) is 4. The lowest BCUT2D eigenvalue weighted by atomic mass is 10.2. The zero-order chi connectivity index (χ0) is 17.8. The SMILES string of the molecule is CC(C)n1ccc(-c2nnc(NC(=O)C=Cc3ccccc3Cl)o2)n1. The van der Waals surface area contributed by atoms with Crippen LogP contribution in [0.25, 0.3) is 17.7 Å². The Balaban J connectivity index is 1.66. The fourth-order valence-electron chi connectivity index (χ4n) is 2.04. The van der Waals surface area contributed by atoms with Crippen LogP contribution in [-0.4, -0.2) is 25.9 Å². The second kappa shape index (κ2) is 7.31. The normalized spacial score (nSPS) is 11.4. The van der Waals surface area contributed by atoms with Crippen LogP contribution in [0, 0.1) is 0 Å². The van der Waals surface area contributed by atoms with Gasteiger partial charge in [0.25, 0.3) is 11.8 Å². The third kappa shape index (κ3) is 4.13. The van der Waals surface area contributed by atoms with E-state index >= 15 is 0 Å². The number of benzene rings is 1. The summed E-state index contributed by atoms with van der Waals surface area (Å²) in [4.78, 5) is 11.9. The van der Waals surface area contributed by atoms with E-state index in [0.717, 1.165) is 5.56 Å². The van der Waals surface area contributed by atoms with Gasteiger partial charge in [0.1, 0.15) is 5.69 Å². The molecule has 0 aliphatic rings. The van der Waals surface area contributed by atoms with E-state index in [1.54, 1.807) is 22.9 Å². The maximum absolute atomic E-state index is 11.9. The number of anilines is 1. The van der Waals surface area contributed by atoms with Crippen molar-refractivity contribution in [3.8, 4) is 11.6 Å². The zero-order valence-corrected chi connectivity index (χ0v) is 14.4. The molecule has 0 aliphatic heterocycles. The van der Waals surface area contributed by atoms with Gasteiger partial charge in [-0.05, 0) is 37.6 Å². The largest absolute Gasteiger partial charge is 0.401 e. The summed E-state index contributed by atoms with van der Waals surface area (Å²) in [5.74, 6) is -0.160. The summed E-state index contributed by atoms with van der Waals surface area (Å²) in [6.07, 6.45) is 4.78. The molecule has 7 nitrogen and oxygen atoms in total. The Labute approximate surface area is 149 Å². The van der Waals surface area contributed by atoms with Crippen LogP contribution in [0.4, 0.5) is 6.01 Å². The molecule has 3 rings (SSSR count). The minimum atomic E-state index is -0.400. The smallest absolute Gasteiger partial charge is 0.322 e. The summed E-state index contributed by atoms with van der Waals surface area (Å²) >= 11 is 6.03. The van der Waals surface area contributed by atoms with Crippen molar-refractivity contribution in [3.63, 3.8) is 0 Å². The Morgan fingerprint density at radius 1 is 1.28 bits per heavy atom. The fraction of sp³-hybridized carbons (Fsp3) is 0.176. The van der Waals surface area contributed by atoms with Gasteiger partial charge in [0, 0.05) is 23.3 Å². The average molecular weight is 358 g/mol. The Hall–Kier alpha value is -2.93. The summed E-state index contributed by atoms with van der Waals surface area (Å²) in [5.41, 5.74) is 1.29. The van der Waals surface area contributed by atoms with Gasteiger partial charge in [0.05, 0.1) is 0 Å². The number of carbonyl (C=O) groups excluding carboxylic acids is 1. The van der Waals surface area contributed by atoms with Crippen LogP contribution in [0.5, 0.6) is 0 Å². The summed E-state index contributed by atoms with van der Waals surface area (Å²) < 4.78 is 7.20. The van der Waals surface area contributed by atoms with Crippen molar-refractivity contribution in [1.29, 1.82) is 0 Å². The molecule has 0 saturated heterocycles. The molecule has 8 heteroatoms. The van der Waals surface area contributed by atoms with Crippen LogP contribution in [0.2, 0.25) is 5.02 Å². The zero-order valence-electron chi connectivity index (χ0n) is 13.7. The number of hydrogen-bond donors (Lipinski definition) is 1. The molecule has 25 heavy (non-hydrogen) atoms. The van der Waals surface area contributed by atoms with E-state index in [1.165, 1.54) is 6.08 Å².